The minimum absolute atomic E-state index is 0.0256. The van der Waals surface area contributed by atoms with Crippen LogP contribution in [0, 0.1) is 5.92 Å². The highest BCUT2D eigenvalue weighted by atomic mass is 16.6. The van der Waals surface area contributed by atoms with Crippen LogP contribution < -0.4 is 4.74 Å². The molecule has 0 aliphatic carbocycles. The number of ether oxygens (including phenoxy) is 4. The zero-order valence-corrected chi connectivity index (χ0v) is 17.6. The second kappa shape index (κ2) is 9.69. The van der Waals surface area contributed by atoms with Crippen LogP contribution in [0.25, 0.3) is 0 Å². The molecule has 2 atom stereocenters. The van der Waals surface area contributed by atoms with Gasteiger partial charge in [0, 0.05) is 18.1 Å². The van der Waals surface area contributed by atoms with Gasteiger partial charge in [-0.05, 0) is 31.9 Å². The van der Waals surface area contributed by atoms with Gasteiger partial charge in [0.2, 0.25) is 0 Å². The van der Waals surface area contributed by atoms with Gasteiger partial charge in [-0.2, -0.15) is 0 Å². The molecule has 0 bridgehead atoms. The van der Waals surface area contributed by atoms with E-state index in [9.17, 15) is 14.4 Å². The summed E-state index contributed by atoms with van der Waals surface area (Å²) in [7, 11) is 0. The highest BCUT2D eigenvalue weighted by Gasteiger charge is 2.50. The zero-order chi connectivity index (χ0) is 21.6. The fourth-order valence-corrected chi connectivity index (χ4v) is 2.50. The molecule has 1 aliphatic heterocycles. The number of benzene rings is 1. The number of esters is 3. The van der Waals surface area contributed by atoms with Gasteiger partial charge in [0.25, 0.3) is 0 Å². The van der Waals surface area contributed by atoms with E-state index in [1.54, 1.807) is 38.1 Å². The summed E-state index contributed by atoms with van der Waals surface area (Å²) in [5.41, 5.74) is 0.898. The Balaban J connectivity index is 2.27. The van der Waals surface area contributed by atoms with E-state index in [0.29, 0.717) is 29.7 Å². The highest BCUT2D eigenvalue weighted by molar-refractivity contribution is 5.89. The molecule has 1 aromatic carbocycles. The van der Waals surface area contributed by atoms with E-state index < -0.39 is 17.5 Å². The lowest BCUT2D eigenvalue weighted by molar-refractivity contribution is -0.149. The van der Waals surface area contributed by atoms with Gasteiger partial charge in [-0.15, -0.1) is 0 Å². The molecule has 7 nitrogen and oxygen atoms in total. The van der Waals surface area contributed by atoms with Crippen LogP contribution >= 0.6 is 0 Å². The van der Waals surface area contributed by atoms with Crippen molar-refractivity contribution in [2.45, 2.75) is 53.2 Å². The molecule has 1 heterocycles. The van der Waals surface area contributed by atoms with Crippen LogP contribution in [0.5, 0.6) is 5.75 Å². The van der Waals surface area contributed by atoms with Crippen LogP contribution in [-0.4, -0.2) is 31.1 Å². The van der Waals surface area contributed by atoms with Gasteiger partial charge in [0.05, 0.1) is 12.5 Å². The van der Waals surface area contributed by atoms with Crippen molar-refractivity contribution in [3.63, 3.8) is 0 Å². The third-order valence-corrected chi connectivity index (χ3v) is 4.89. The predicted octanol–water partition coefficient (Wildman–Crippen LogP) is 3.44. The smallest absolute Gasteiger partial charge is 0.338 e. The molecule has 0 amide bonds. The molecule has 1 saturated heterocycles. The first-order valence-electron chi connectivity index (χ1n) is 9.65. The van der Waals surface area contributed by atoms with Crippen LogP contribution in [-0.2, 0) is 40.8 Å². The Bertz CT molecular complexity index is 805. The molecular formula is C22H28O7. The lowest BCUT2D eigenvalue weighted by Gasteiger charge is -2.18. The largest absolute Gasteiger partial charge is 0.462 e. The van der Waals surface area contributed by atoms with E-state index in [4.69, 9.17) is 18.9 Å². The van der Waals surface area contributed by atoms with E-state index in [2.05, 4.69) is 0 Å². The van der Waals surface area contributed by atoms with Crippen LogP contribution in [0.2, 0.25) is 0 Å². The van der Waals surface area contributed by atoms with Crippen molar-refractivity contribution in [3.8, 4) is 5.75 Å². The van der Waals surface area contributed by atoms with Gasteiger partial charge in [-0.25, -0.2) is 4.79 Å². The minimum Gasteiger partial charge on any atom is -0.462 e. The minimum atomic E-state index is -0.836. The van der Waals surface area contributed by atoms with Crippen molar-refractivity contribution >= 4 is 17.9 Å². The predicted molar refractivity (Wildman–Crippen MR) is 105 cm³/mol. The van der Waals surface area contributed by atoms with Crippen molar-refractivity contribution in [2.24, 2.45) is 5.92 Å². The maximum atomic E-state index is 12.3. The van der Waals surface area contributed by atoms with Gasteiger partial charge >= 0.3 is 17.9 Å². The summed E-state index contributed by atoms with van der Waals surface area (Å²) in [4.78, 5) is 35.5. The summed E-state index contributed by atoms with van der Waals surface area (Å²) in [5.74, 6) is -1.09. The van der Waals surface area contributed by atoms with Crippen molar-refractivity contribution in [1.29, 1.82) is 0 Å². The van der Waals surface area contributed by atoms with E-state index in [1.165, 1.54) is 6.92 Å². The monoisotopic (exact) mass is 404 g/mol. The average molecular weight is 404 g/mol. The van der Waals surface area contributed by atoms with Gasteiger partial charge < -0.3 is 18.9 Å². The van der Waals surface area contributed by atoms with Crippen molar-refractivity contribution in [1.82, 2.24) is 0 Å². The number of carbonyl (C=O) groups excluding carboxylic acids is 3. The summed E-state index contributed by atoms with van der Waals surface area (Å²) in [6.45, 7) is 8.88. The van der Waals surface area contributed by atoms with Gasteiger partial charge in [0.1, 0.15) is 19.0 Å². The summed E-state index contributed by atoms with van der Waals surface area (Å²) < 4.78 is 21.6. The SMILES string of the molecule is CC=C(C)C(=O)Oc1cc(COC(=O)C(C)CC)ccc1C1(COC(C)=O)CO1. The van der Waals surface area contributed by atoms with Gasteiger partial charge in [-0.1, -0.05) is 32.1 Å². The molecular weight excluding hydrogens is 376 g/mol. The fourth-order valence-electron chi connectivity index (χ4n) is 2.50. The van der Waals surface area contributed by atoms with E-state index >= 15 is 0 Å². The third-order valence-electron chi connectivity index (χ3n) is 4.89. The molecule has 1 aliphatic rings. The van der Waals surface area contributed by atoms with Crippen molar-refractivity contribution < 1.29 is 33.3 Å². The Hall–Kier alpha value is -2.67. The van der Waals surface area contributed by atoms with Gasteiger partial charge in [0.15, 0.2) is 5.60 Å². The van der Waals surface area contributed by atoms with E-state index in [1.807, 2.05) is 13.8 Å². The summed E-state index contributed by atoms with van der Waals surface area (Å²) in [5, 5.41) is 0. The number of allylic oxidation sites excluding steroid dienone is 1. The second-order valence-corrected chi connectivity index (χ2v) is 7.17. The standard InChI is InChI=1S/C22H28O7/c1-6-14(3)20(24)26-11-17-8-9-18(22(13-28-22)12-27-16(5)23)19(10-17)29-21(25)15(4)7-2/h7-10,14H,6,11-13H2,1-5H3. The van der Waals surface area contributed by atoms with E-state index in [0.717, 1.165) is 0 Å². The number of hydrogen-bond acceptors (Lipinski definition) is 7. The quantitative estimate of drug-likeness (QED) is 0.269. The van der Waals surface area contributed by atoms with Crippen LogP contribution in [0.15, 0.2) is 29.8 Å². The Morgan fingerprint density at radius 2 is 1.93 bits per heavy atom. The summed E-state index contributed by atoms with van der Waals surface area (Å²) >= 11 is 0. The first-order chi connectivity index (χ1) is 13.7. The number of carbonyl (C=O) groups is 3. The van der Waals surface area contributed by atoms with Gasteiger partial charge in [-0.3, -0.25) is 9.59 Å². The lowest BCUT2D eigenvalue weighted by atomic mass is 9.98. The van der Waals surface area contributed by atoms with Crippen molar-refractivity contribution in [2.75, 3.05) is 13.2 Å². The Morgan fingerprint density at radius 3 is 2.48 bits per heavy atom. The molecule has 0 saturated carbocycles. The first kappa shape index (κ1) is 22.6. The highest BCUT2D eigenvalue weighted by Crippen LogP contribution is 2.44. The molecule has 1 fully saturated rings. The number of hydrogen-bond donors (Lipinski definition) is 0. The molecule has 2 unspecified atom stereocenters. The summed E-state index contributed by atoms with van der Waals surface area (Å²) in [6.07, 6.45) is 2.35. The average Bonchev–Trinajstić information content (AvgIpc) is 3.50. The molecule has 7 heteroatoms. The Morgan fingerprint density at radius 1 is 1.24 bits per heavy atom. The van der Waals surface area contributed by atoms with Crippen molar-refractivity contribution in [3.05, 3.63) is 41.0 Å². The maximum Gasteiger partial charge on any atom is 0.338 e. The Kier molecular flexibility index (Phi) is 7.56. The molecule has 0 radical (unpaired) electrons. The molecule has 0 aromatic heterocycles. The first-order valence-corrected chi connectivity index (χ1v) is 9.65. The Labute approximate surface area is 171 Å². The van der Waals surface area contributed by atoms with E-state index in [-0.39, 0.29) is 30.9 Å². The molecule has 29 heavy (non-hydrogen) atoms. The molecule has 0 spiro atoms. The zero-order valence-electron chi connectivity index (χ0n) is 17.6. The molecule has 0 N–H and O–H groups in total. The van der Waals surface area contributed by atoms with Crippen LogP contribution in [0.1, 0.15) is 52.2 Å². The number of epoxide rings is 1. The topological polar surface area (TPSA) is 91.4 Å². The third kappa shape index (κ3) is 5.90. The van der Waals surface area contributed by atoms with Crippen LogP contribution in [0.3, 0.4) is 0 Å². The lowest BCUT2D eigenvalue weighted by Crippen LogP contribution is -2.22. The molecule has 158 valence electrons. The normalized spacial score (nSPS) is 19.3. The van der Waals surface area contributed by atoms with Crippen LogP contribution in [0.4, 0.5) is 0 Å². The molecule has 1 aromatic rings. The summed E-state index contributed by atoms with van der Waals surface area (Å²) in [6, 6.07) is 5.17. The maximum absolute atomic E-state index is 12.3. The second-order valence-electron chi connectivity index (χ2n) is 7.17. The fraction of sp³-hybridized carbons (Fsp3) is 0.500. The number of rotatable bonds is 9. The molecule has 2 rings (SSSR count).